The molecule has 0 saturated heterocycles. The second-order valence-electron chi connectivity index (χ2n) is 4.70. The minimum Gasteiger partial charge on any atom is -0.461 e. The van der Waals surface area contributed by atoms with Crippen LogP contribution in [0.25, 0.3) is 11.5 Å². The molecule has 0 bridgehead atoms. The van der Waals surface area contributed by atoms with Crippen molar-refractivity contribution in [1.82, 2.24) is 5.16 Å². The van der Waals surface area contributed by atoms with Crippen LogP contribution < -0.4 is 5.32 Å². The molecule has 124 valence electrons. The van der Waals surface area contributed by atoms with E-state index in [1.807, 2.05) is 0 Å². The number of nitrogens with zero attached hydrogens (tertiary/aromatic N) is 1. The van der Waals surface area contributed by atoms with Crippen molar-refractivity contribution in [1.29, 1.82) is 0 Å². The van der Waals surface area contributed by atoms with E-state index in [1.54, 1.807) is 12.1 Å². The van der Waals surface area contributed by atoms with Crippen molar-refractivity contribution < 1.29 is 26.9 Å². The van der Waals surface area contributed by atoms with Crippen LogP contribution in [-0.4, -0.2) is 11.1 Å². The highest BCUT2D eigenvalue weighted by Crippen LogP contribution is 2.34. The van der Waals surface area contributed by atoms with Crippen LogP contribution in [-0.2, 0) is 6.18 Å². The van der Waals surface area contributed by atoms with E-state index in [1.165, 1.54) is 12.3 Å². The maximum atomic E-state index is 12.7. The van der Waals surface area contributed by atoms with Gasteiger partial charge >= 0.3 is 6.18 Å². The first kappa shape index (κ1) is 16.1. The number of halogens is 4. The zero-order valence-electron chi connectivity index (χ0n) is 11.7. The molecule has 3 rings (SSSR count). The molecule has 0 aliphatic rings. The summed E-state index contributed by atoms with van der Waals surface area (Å²) in [5.74, 6) is -0.197. The Morgan fingerprint density at radius 3 is 2.62 bits per heavy atom. The molecule has 0 saturated carbocycles. The monoisotopic (exact) mass is 356 g/mol. The molecule has 0 aliphatic heterocycles. The number of carbonyl (C=O) groups is 1. The van der Waals surface area contributed by atoms with Gasteiger partial charge in [0, 0.05) is 6.07 Å². The van der Waals surface area contributed by atoms with Gasteiger partial charge in [-0.15, -0.1) is 0 Å². The number of alkyl halides is 3. The van der Waals surface area contributed by atoms with Gasteiger partial charge in [0.1, 0.15) is 0 Å². The average Bonchev–Trinajstić information content (AvgIpc) is 3.19. The van der Waals surface area contributed by atoms with Gasteiger partial charge in [0.05, 0.1) is 22.5 Å². The Hall–Kier alpha value is -2.74. The van der Waals surface area contributed by atoms with Gasteiger partial charge in [-0.3, -0.25) is 4.79 Å². The van der Waals surface area contributed by atoms with Crippen molar-refractivity contribution in [3.8, 4) is 11.5 Å². The Morgan fingerprint density at radius 1 is 1.17 bits per heavy atom. The summed E-state index contributed by atoms with van der Waals surface area (Å²) in [4.78, 5) is 12.1. The third kappa shape index (κ3) is 3.28. The Labute approximate surface area is 138 Å². The average molecular weight is 357 g/mol. The number of benzene rings is 1. The Bertz CT molecular complexity index is 872. The van der Waals surface area contributed by atoms with Gasteiger partial charge in [-0.2, -0.15) is 13.2 Å². The molecule has 2 heterocycles. The maximum Gasteiger partial charge on any atom is 0.416 e. The van der Waals surface area contributed by atoms with Gasteiger partial charge in [-0.1, -0.05) is 16.8 Å². The lowest BCUT2D eigenvalue weighted by atomic mass is 10.2. The smallest absolute Gasteiger partial charge is 0.416 e. The van der Waals surface area contributed by atoms with Crippen LogP contribution in [0.15, 0.2) is 51.6 Å². The molecule has 0 unspecified atom stereocenters. The van der Waals surface area contributed by atoms with Gasteiger partial charge in [0.2, 0.25) is 5.76 Å². The molecule has 24 heavy (non-hydrogen) atoms. The summed E-state index contributed by atoms with van der Waals surface area (Å²) in [5.41, 5.74) is -1.24. The fourth-order valence-corrected chi connectivity index (χ4v) is 2.07. The summed E-state index contributed by atoms with van der Waals surface area (Å²) in [6.45, 7) is 0. The predicted octanol–water partition coefficient (Wildman–Crippen LogP) is 4.86. The largest absolute Gasteiger partial charge is 0.461 e. The number of nitrogens with one attached hydrogen (secondary N) is 1. The van der Waals surface area contributed by atoms with Crippen molar-refractivity contribution in [2.45, 2.75) is 6.18 Å². The zero-order chi connectivity index (χ0) is 17.3. The summed E-state index contributed by atoms with van der Waals surface area (Å²) in [6, 6.07) is 7.15. The van der Waals surface area contributed by atoms with E-state index < -0.39 is 17.6 Å². The summed E-state index contributed by atoms with van der Waals surface area (Å²) >= 11 is 5.82. The van der Waals surface area contributed by atoms with Crippen molar-refractivity contribution in [3.63, 3.8) is 0 Å². The molecular weight excluding hydrogens is 349 g/mol. The number of carbonyl (C=O) groups excluding carboxylic acids is 1. The first-order chi connectivity index (χ1) is 11.3. The van der Waals surface area contributed by atoms with Gasteiger partial charge in [-0.05, 0) is 30.3 Å². The minimum absolute atomic E-state index is 0.0360. The standard InChI is InChI=1S/C15H8ClF3N2O3/c16-9-4-3-8(15(17,18)19)6-10(9)20-14(22)11-7-13(24-21-11)12-2-1-5-23-12/h1-7H,(H,20,22). The molecule has 0 radical (unpaired) electrons. The quantitative estimate of drug-likeness (QED) is 0.727. The van der Waals surface area contributed by atoms with Crippen LogP contribution in [0, 0.1) is 0 Å². The maximum absolute atomic E-state index is 12.7. The zero-order valence-corrected chi connectivity index (χ0v) is 12.5. The van der Waals surface area contributed by atoms with Crippen molar-refractivity contribution >= 4 is 23.2 Å². The molecule has 1 aromatic carbocycles. The number of anilines is 1. The molecule has 1 amide bonds. The van der Waals surface area contributed by atoms with E-state index in [9.17, 15) is 18.0 Å². The van der Waals surface area contributed by atoms with E-state index in [0.717, 1.165) is 18.2 Å². The summed E-state index contributed by atoms with van der Waals surface area (Å²) in [7, 11) is 0. The van der Waals surface area contributed by atoms with E-state index in [4.69, 9.17) is 20.5 Å². The topological polar surface area (TPSA) is 68.3 Å². The van der Waals surface area contributed by atoms with Crippen LogP contribution in [0.3, 0.4) is 0 Å². The molecule has 3 aromatic rings. The Kier molecular flexibility index (Phi) is 4.06. The second-order valence-corrected chi connectivity index (χ2v) is 5.11. The number of furan rings is 1. The fourth-order valence-electron chi connectivity index (χ4n) is 1.90. The van der Waals surface area contributed by atoms with E-state index in [2.05, 4.69) is 10.5 Å². The highest BCUT2D eigenvalue weighted by molar-refractivity contribution is 6.33. The molecular formula is C15H8ClF3N2O3. The molecule has 2 aromatic heterocycles. The molecule has 5 nitrogen and oxygen atoms in total. The van der Waals surface area contributed by atoms with E-state index >= 15 is 0 Å². The summed E-state index contributed by atoms with van der Waals surface area (Å²) in [5, 5.41) is 5.79. The molecule has 0 spiro atoms. The summed E-state index contributed by atoms with van der Waals surface area (Å²) in [6.07, 6.45) is -3.13. The van der Waals surface area contributed by atoms with E-state index in [0.29, 0.717) is 5.76 Å². The summed E-state index contributed by atoms with van der Waals surface area (Å²) < 4.78 is 48.2. The van der Waals surface area contributed by atoms with Crippen molar-refractivity contribution in [2.24, 2.45) is 0 Å². The second kappa shape index (κ2) is 6.04. The van der Waals surface area contributed by atoms with Gasteiger partial charge in [0.15, 0.2) is 11.5 Å². The molecule has 0 fully saturated rings. The lowest BCUT2D eigenvalue weighted by Crippen LogP contribution is -2.14. The highest BCUT2D eigenvalue weighted by atomic mass is 35.5. The number of rotatable bonds is 3. The normalized spacial score (nSPS) is 11.5. The van der Waals surface area contributed by atoms with Crippen LogP contribution >= 0.6 is 11.6 Å². The number of hydrogen-bond acceptors (Lipinski definition) is 4. The third-order valence-electron chi connectivity index (χ3n) is 3.05. The van der Waals surface area contributed by atoms with Crippen LogP contribution in [0.2, 0.25) is 5.02 Å². The molecule has 1 N–H and O–H groups in total. The Morgan fingerprint density at radius 2 is 1.96 bits per heavy atom. The lowest BCUT2D eigenvalue weighted by Gasteiger charge is -2.10. The third-order valence-corrected chi connectivity index (χ3v) is 3.38. The number of amides is 1. The molecule has 0 atom stereocenters. The first-order valence-corrected chi connectivity index (χ1v) is 6.91. The van der Waals surface area contributed by atoms with Gasteiger partial charge in [0.25, 0.3) is 5.91 Å². The van der Waals surface area contributed by atoms with E-state index in [-0.39, 0.29) is 22.2 Å². The highest BCUT2D eigenvalue weighted by Gasteiger charge is 2.31. The van der Waals surface area contributed by atoms with Crippen molar-refractivity contribution in [2.75, 3.05) is 5.32 Å². The van der Waals surface area contributed by atoms with Gasteiger partial charge < -0.3 is 14.3 Å². The predicted molar refractivity (Wildman–Crippen MR) is 78.6 cm³/mol. The van der Waals surface area contributed by atoms with Crippen LogP contribution in [0.4, 0.5) is 18.9 Å². The van der Waals surface area contributed by atoms with Crippen LogP contribution in [0.1, 0.15) is 16.1 Å². The molecule has 0 aliphatic carbocycles. The van der Waals surface area contributed by atoms with Crippen LogP contribution in [0.5, 0.6) is 0 Å². The number of hydrogen-bond donors (Lipinski definition) is 1. The SMILES string of the molecule is O=C(Nc1cc(C(F)(F)F)ccc1Cl)c1cc(-c2ccco2)on1. The molecule has 9 heteroatoms. The van der Waals surface area contributed by atoms with Crippen molar-refractivity contribution in [3.05, 3.63) is 58.9 Å². The number of aromatic nitrogens is 1. The minimum atomic E-state index is -4.55. The Balaban J connectivity index is 1.83. The fraction of sp³-hybridized carbons (Fsp3) is 0.0667. The lowest BCUT2D eigenvalue weighted by molar-refractivity contribution is -0.137. The van der Waals surface area contributed by atoms with Gasteiger partial charge in [-0.25, -0.2) is 0 Å². The first-order valence-electron chi connectivity index (χ1n) is 6.53.